The molecular formula is C19H17F3N4O5. The van der Waals surface area contributed by atoms with Gasteiger partial charge in [-0.3, -0.25) is 14.4 Å². The molecule has 2 aromatic rings. The molecule has 0 aromatic carbocycles. The van der Waals surface area contributed by atoms with Crippen molar-refractivity contribution in [3.05, 3.63) is 57.0 Å². The van der Waals surface area contributed by atoms with Crippen molar-refractivity contribution in [3.8, 4) is 5.75 Å². The average molecular weight is 438 g/mol. The summed E-state index contributed by atoms with van der Waals surface area (Å²) in [5.74, 6) is -6.63. The first-order chi connectivity index (χ1) is 14.7. The van der Waals surface area contributed by atoms with Crippen LogP contribution in [0.1, 0.15) is 39.8 Å². The molecule has 2 atom stereocenters. The number of aromatic nitrogens is 2. The molecule has 0 bridgehead atoms. The Morgan fingerprint density at radius 2 is 2.10 bits per heavy atom. The minimum atomic E-state index is -1.45. The molecule has 2 aromatic heterocycles. The van der Waals surface area contributed by atoms with E-state index in [0.717, 1.165) is 6.20 Å². The highest BCUT2D eigenvalue weighted by molar-refractivity contribution is 5.99. The van der Waals surface area contributed by atoms with Crippen LogP contribution in [0.25, 0.3) is 0 Å². The second kappa shape index (κ2) is 7.69. The second-order valence-electron chi connectivity index (χ2n) is 7.28. The Balaban J connectivity index is 1.64. The van der Waals surface area contributed by atoms with Crippen molar-refractivity contribution in [1.82, 2.24) is 19.8 Å². The Hall–Kier alpha value is -3.41. The summed E-state index contributed by atoms with van der Waals surface area (Å²) in [6.07, 6.45) is 1.05. The van der Waals surface area contributed by atoms with Gasteiger partial charge in [0.2, 0.25) is 17.3 Å². The van der Waals surface area contributed by atoms with E-state index >= 15 is 0 Å². The fourth-order valence-electron chi connectivity index (χ4n) is 3.73. The van der Waals surface area contributed by atoms with Crippen molar-refractivity contribution in [2.24, 2.45) is 0 Å². The summed E-state index contributed by atoms with van der Waals surface area (Å²) in [6, 6.07) is 0.193. The molecular weight excluding hydrogens is 421 g/mol. The van der Waals surface area contributed by atoms with Crippen molar-refractivity contribution in [3.63, 3.8) is 0 Å². The lowest BCUT2D eigenvalue weighted by atomic mass is 10.1. The number of fused-ring (bicyclic) bond motifs is 2. The SMILES string of the molecule is C[C@@H]1CCO[C@H]2Cn3cc(C(=O)NCc4c(F)cc(F)nc4F)c(=O)c(O)c3C(=O)N12. The van der Waals surface area contributed by atoms with Crippen LogP contribution in [0.4, 0.5) is 13.2 Å². The van der Waals surface area contributed by atoms with Crippen molar-refractivity contribution < 1.29 is 32.6 Å². The molecule has 0 unspecified atom stereocenters. The van der Waals surface area contributed by atoms with E-state index in [1.54, 1.807) is 0 Å². The Labute approximate surface area is 173 Å². The number of rotatable bonds is 3. The Bertz CT molecular complexity index is 1130. The monoisotopic (exact) mass is 438 g/mol. The van der Waals surface area contributed by atoms with Gasteiger partial charge in [-0.25, -0.2) is 4.39 Å². The van der Waals surface area contributed by atoms with E-state index in [1.807, 2.05) is 6.92 Å². The number of amides is 2. The standard InChI is InChI=1S/C19H17F3N4O5/c1-8-2-3-31-13-7-25-6-10(15(27)16(28)14(25)19(30)26(8)13)18(29)23-5-9-11(20)4-12(21)24-17(9)22/h4,6,8,13,28H,2-3,5,7H2,1H3,(H,23,29)/t8-,13+/m1/s1. The van der Waals surface area contributed by atoms with Gasteiger partial charge < -0.3 is 24.6 Å². The molecule has 2 amide bonds. The fraction of sp³-hybridized carbons (Fsp3) is 0.368. The van der Waals surface area contributed by atoms with Gasteiger partial charge in [0.25, 0.3) is 11.8 Å². The lowest BCUT2D eigenvalue weighted by molar-refractivity contribution is -0.112. The number of nitrogens with zero attached hydrogens (tertiary/aromatic N) is 3. The van der Waals surface area contributed by atoms with E-state index in [-0.39, 0.29) is 18.3 Å². The largest absolute Gasteiger partial charge is 0.503 e. The lowest BCUT2D eigenvalue weighted by Gasteiger charge is -2.44. The zero-order chi connectivity index (χ0) is 22.4. The molecule has 0 spiro atoms. The first kappa shape index (κ1) is 20.8. The molecule has 0 radical (unpaired) electrons. The maximum Gasteiger partial charge on any atom is 0.276 e. The molecule has 4 rings (SSSR count). The van der Waals surface area contributed by atoms with Gasteiger partial charge in [-0.05, 0) is 13.3 Å². The zero-order valence-electron chi connectivity index (χ0n) is 16.2. The van der Waals surface area contributed by atoms with Crippen LogP contribution in [-0.4, -0.2) is 50.2 Å². The highest BCUT2D eigenvalue weighted by Gasteiger charge is 2.41. The van der Waals surface area contributed by atoms with E-state index in [9.17, 15) is 32.7 Å². The maximum absolute atomic E-state index is 13.7. The highest BCUT2D eigenvalue weighted by Crippen LogP contribution is 2.29. The van der Waals surface area contributed by atoms with Crippen molar-refractivity contribution in [2.75, 3.05) is 6.61 Å². The van der Waals surface area contributed by atoms with Gasteiger partial charge in [0.05, 0.1) is 25.3 Å². The van der Waals surface area contributed by atoms with Crippen LogP contribution in [0.5, 0.6) is 5.75 Å². The molecule has 0 aliphatic carbocycles. The van der Waals surface area contributed by atoms with Gasteiger partial charge in [-0.2, -0.15) is 13.8 Å². The van der Waals surface area contributed by atoms with Crippen LogP contribution in [0.15, 0.2) is 17.1 Å². The third kappa shape index (κ3) is 3.52. The Kier molecular flexibility index (Phi) is 5.17. The quantitative estimate of drug-likeness (QED) is 0.688. The number of carbonyl (C=O) groups excluding carboxylic acids is 2. The van der Waals surface area contributed by atoms with Crippen LogP contribution in [-0.2, 0) is 17.8 Å². The van der Waals surface area contributed by atoms with Crippen LogP contribution < -0.4 is 10.7 Å². The topological polar surface area (TPSA) is 114 Å². The number of ether oxygens (including phenoxy) is 1. The number of hydrogen-bond donors (Lipinski definition) is 2. The smallest absolute Gasteiger partial charge is 0.276 e. The lowest BCUT2D eigenvalue weighted by Crippen LogP contribution is -2.57. The molecule has 2 aliphatic heterocycles. The summed E-state index contributed by atoms with van der Waals surface area (Å²) in [7, 11) is 0. The van der Waals surface area contributed by atoms with E-state index in [2.05, 4.69) is 10.3 Å². The van der Waals surface area contributed by atoms with E-state index in [1.165, 1.54) is 9.47 Å². The number of aromatic hydroxyl groups is 1. The van der Waals surface area contributed by atoms with Gasteiger partial charge in [0, 0.05) is 18.3 Å². The molecule has 1 fully saturated rings. The first-order valence-corrected chi connectivity index (χ1v) is 9.38. The first-order valence-electron chi connectivity index (χ1n) is 9.38. The number of carbonyl (C=O) groups is 2. The number of pyridine rings is 2. The molecule has 9 nitrogen and oxygen atoms in total. The average Bonchev–Trinajstić information content (AvgIpc) is 2.69. The van der Waals surface area contributed by atoms with Crippen LogP contribution >= 0.6 is 0 Å². The fourth-order valence-corrected chi connectivity index (χ4v) is 3.73. The normalized spacial score (nSPS) is 20.3. The molecule has 4 heterocycles. The van der Waals surface area contributed by atoms with Gasteiger partial charge in [0.15, 0.2) is 17.7 Å². The molecule has 1 saturated heterocycles. The van der Waals surface area contributed by atoms with Crippen molar-refractivity contribution in [1.29, 1.82) is 0 Å². The number of halogens is 3. The predicted octanol–water partition coefficient (Wildman–Crippen LogP) is 0.887. The van der Waals surface area contributed by atoms with Crippen LogP contribution in [0, 0.1) is 17.7 Å². The minimum Gasteiger partial charge on any atom is -0.503 e. The summed E-state index contributed by atoms with van der Waals surface area (Å²) in [6.45, 7) is 1.60. The summed E-state index contributed by atoms with van der Waals surface area (Å²) in [5.41, 5.74) is -2.62. The third-order valence-electron chi connectivity index (χ3n) is 5.34. The van der Waals surface area contributed by atoms with Crippen molar-refractivity contribution >= 4 is 11.8 Å². The summed E-state index contributed by atoms with van der Waals surface area (Å²) < 4.78 is 47.1. The van der Waals surface area contributed by atoms with Gasteiger partial charge in [0.1, 0.15) is 11.4 Å². The molecule has 12 heteroatoms. The van der Waals surface area contributed by atoms with E-state index in [0.29, 0.717) is 19.1 Å². The second-order valence-corrected chi connectivity index (χ2v) is 7.28. The minimum absolute atomic E-state index is 0.0741. The Morgan fingerprint density at radius 1 is 1.35 bits per heavy atom. The summed E-state index contributed by atoms with van der Waals surface area (Å²) >= 11 is 0. The third-order valence-corrected chi connectivity index (χ3v) is 5.34. The van der Waals surface area contributed by atoms with Crippen LogP contribution in [0.2, 0.25) is 0 Å². The predicted molar refractivity (Wildman–Crippen MR) is 97.6 cm³/mol. The zero-order valence-corrected chi connectivity index (χ0v) is 16.2. The van der Waals surface area contributed by atoms with Gasteiger partial charge >= 0.3 is 0 Å². The maximum atomic E-state index is 13.7. The molecule has 164 valence electrons. The number of nitrogens with one attached hydrogen (secondary N) is 1. The van der Waals surface area contributed by atoms with Crippen LogP contribution in [0.3, 0.4) is 0 Å². The van der Waals surface area contributed by atoms with Gasteiger partial charge in [-0.1, -0.05) is 0 Å². The molecule has 31 heavy (non-hydrogen) atoms. The molecule has 2 aliphatic rings. The summed E-state index contributed by atoms with van der Waals surface area (Å²) in [5, 5.41) is 12.5. The van der Waals surface area contributed by atoms with E-state index < -0.39 is 64.6 Å². The highest BCUT2D eigenvalue weighted by atomic mass is 19.1. The molecule has 0 saturated carbocycles. The Morgan fingerprint density at radius 3 is 2.81 bits per heavy atom. The van der Waals surface area contributed by atoms with Crippen molar-refractivity contribution in [2.45, 2.75) is 38.7 Å². The van der Waals surface area contributed by atoms with E-state index in [4.69, 9.17) is 4.74 Å². The molecule has 2 N–H and O–H groups in total. The summed E-state index contributed by atoms with van der Waals surface area (Å²) in [4.78, 5) is 42.1. The van der Waals surface area contributed by atoms with Gasteiger partial charge in [-0.15, -0.1) is 0 Å². The number of hydrogen-bond acceptors (Lipinski definition) is 6.